The van der Waals surface area contributed by atoms with Crippen LogP contribution in [0, 0.1) is 18.7 Å². The Morgan fingerprint density at radius 3 is 2.17 bits per heavy atom. The minimum absolute atomic E-state index is 0.00756. The highest BCUT2D eigenvalue weighted by molar-refractivity contribution is 7.92. The number of benzene rings is 3. The third kappa shape index (κ3) is 8.29. The summed E-state index contributed by atoms with van der Waals surface area (Å²) in [6, 6.07) is 17.7. The normalized spacial score (nSPS) is 12.1. The van der Waals surface area contributed by atoms with Gasteiger partial charge in [-0.25, -0.2) is 12.8 Å². The van der Waals surface area contributed by atoms with E-state index in [2.05, 4.69) is 5.32 Å². The molecule has 3 aromatic rings. The molecule has 1 N–H and O–H groups in total. The molecule has 10 heteroatoms. The fourth-order valence-electron chi connectivity index (χ4n) is 4.09. The van der Waals surface area contributed by atoms with Crippen LogP contribution < -0.4 is 14.4 Å². The lowest BCUT2D eigenvalue weighted by Crippen LogP contribution is -2.51. The highest BCUT2D eigenvalue weighted by Gasteiger charge is 2.33. The third-order valence-corrected chi connectivity index (χ3v) is 8.26. The molecule has 2 amide bonds. The average Bonchev–Trinajstić information content (AvgIpc) is 2.94. The molecule has 0 fully saturated rings. The molecular formula is C31H38FN3O5S. The number of amides is 2. The van der Waals surface area contributed by atoms with Gasteiger partial charge < -0.3 is 15.0 Å². The van der Waals surface area contributed by atoms with Crippen LogP contribution in [0.25, 0.3) is 0 Å². The fraction of sp³-hybridized carbons (Fsp3) is 0.355. The van der Waals surface area contributed by atoms with Crippen LogP contribution in [-0.2, 0) is 26.2 Å². The maximum absolute atomic E-state index is 14.6. The van der Waals surface area contributed by atoms with Crippen molar-refractivity contribution in [1.29, 1.82) is 0 Å². The summed E-state index contributed by atoms with van der Waals surface area (Å²) >= 11 is 0. The monoisotopic (exact) mass is 583 g/mol. The number of halogens is 1. The molecule has 0 saturated carbocycles. The van der Waals surface area contributed by atoms with Crippen LogP contribution in [-0.4, -0.2) is 50.9 Å². The number of nitrogens with one attached hydrogen (secondary N) is 1. The molecule has 220 valence electrons. The lowest BCUT2D eigenvalue weighted by molar-refractivity contribution is -0.139. The molecule has 3 rings (SSSR count). The molecule has 0 saturated heterocycles. The van der Waals surface area contributed by atoms with E-state index in [1.54, 1.807) is 49.4 Å². The molecule has 41 heavy (non-hydrogen) atoms. The van der Waals surface area contributed by atoms with E-state index in [1.807, 2.05) is 27.7 Å². The summed E-state index contributed by atoms with van der Waals surface area (Å²) in [4.78, 5) is 28.2. The van der Waals surface area contributed by atoms with Gasteiger partial charge in [0.1, 0.15) is 24.2 Å². The van der Waals surface area contributed by atoms with Crippen LogP contribution in [0.3, 0.4) is 0 Å². The molecule has 0 heterocycles. The number of anilines is 1. The number of carbonyl (C=O) groups excluding carboxylic acids is 2. The zero-order valence-electron chi connectivity index (χ0n) is 24.1. The number of hydrogen-bond donors (Lipinski definition) is 1. The lowest BCUT2D eigenvalue weighted by atomic mass is 10.1. The standard InChI is InChI=1S/C31H38FN3O5S/c1-6-40-27-15-13-26(14-16-27)35(41(38,39)28-17-11-23(4)12-18-28)21-30(36)34(20-25-9-7-8-10-29(25)32)24(5)31(37)33-19-22(2)3/h7-18,22,24H,6,19-21H2,1-5H3,(H,33,37)/t24-/m1/s1. The topological polar surface area (TPSA) is 96.0 Å². The van der Waals surface area contributed by atoms with Gasteiger partial charge in [0.25, 0.3) is 10.0 Å². The van der Waals surface area contributed by atoms with E-state index in [4.69, 9.17) is 4.74 Å². The molecule has 0 unspecified atom stereocenters. The van der Waals surface area contributed by atoms with E-state index in [-0.39, 0.29) is 28.6 Å². The first-order valence-electron chi connectivity index (χ1n) is 13.6. The summed E-state index contributed by atoms with van der Waals surface area (Å²) in [5.74, 6) is -0.887. The predicted molar refractivity (Wildman–Crippen MR) is 158 cm³/mol. The molecule has 0 bridgehead atoms. The number of sulfonamides is 1. The van der Waals surface area contributed by atoms with Crippen LogP contribution in [0.1, 0.15) is 38.8 Å². The first-order valence-corrected chi connectivity index (χ1v) is 15.0. The number of rotatable bonds is 13. The molecule has 0 aliphatic carbocycles. The Hall–Kier alpha value is -3.92. The van der Waals surface area contributed by atoms with Gasteiger partial charge in [0.2, 0.25) is 11.8 Å². The molecule has 0 spiro atoms. The number of aryl methyl sites for hydroxylation is 1. The van der Waals surface area contributed by atoms with Gasteiger partial charge in [-0.3, -0.25) is 13.9 Å². The SMILES string of the molecule is CCOc1ccc(N(CC(=O)N(Cc2ccccc2F)[C@H](C)C(=O)NCC(C)C)S(=O)(=O)c2ccc(C)cc2)cc1. The summed E-state index contributed by atoms with van der Waals surface area (Å²) in [6.07, 6.45) is 0. The van der Waals surface area contributed by atoms with Crippen LogP contribution in [0.4, 0.5) is 10.1 Å². The van der Waals surface area contributed by atoms with Crippen LogP contribution >= 0.6 is 0 Å². The predicted octanol–water partition coefficient (Wildman–Crippen LogP) is 4.92. The van der Waals surface area contributed by atoms with Gasteiger partial charge in [0.05, 0.1) is 17.2 Å². The molecule has 1 atom stereocenters. The van der Waals surface area contributed by atoms with E-state index in [9.17, 15) is 22.4 Å². The van der Waals surface area contributed by atoms with E-state index >= 15 is 0 Å². The number of carbonyl (C=O) groups is 2. The highest BCUT2D eigenvalue weighted by atomic mass is 32.2. The Labute approximate surface area is 242 Å². The van der Waals surface area contributed by atoms with Gasteiger partial charge in [0.15, 0.2) is 0 Å². The van der Waals surface area contributed by atoms with Crippen LogP contribution in [0.15, 0.2) is 77.7 Å². The van der Waals surface area contributed by atoms with Crippen molar-refractivity contribution in [2.45, 2.75) is 52.1 Å². The number of hydrogen-bond acceptors (Lipinski definition) is 5. The van der Waals surface area contributed by atoms with Crippen molar-refractivity contribution in [3.63, 3.8) is 0 Å². The fourth-order valence-corrected chi connectivity index (χ4v) is 5.50. The molecule has 0 aliphatic heterocycles. The first kappa shape index (κ1) is 31.6. The second-order valence-electron chi connectivity index (χ2n) is 10.2. The zero-order valence-corrected chi connectivity index (χ0v) is 24.9. The van der Waals surface area contributed by atoms with E-state index in [0.717, 1.165) is 9.87 Å². The third-order valence-electron chi connectivity index (χ3n) is 6.47. The van der Waals surface area contributed by atoms with Crippen molar-refractivity contribution in [2.75, 3.05) is 24.0 Å². The maximum Gasteiger partial charge on any atom is 0.264 e. The van der Waals surface area contributed by atoms with Crippen molar-refractivity contribution < 1.29 is 27.1 Å². The minimum Gasteiger partial charge on any atom is -0.494 e. The molecule has 8 nitrogen and oxygen atoms in total. The molecule has 0 aromatic heterocycles. The summed E-state index contributed by atoms with van der Waals surface area (Å²) in [5.41, 5.74) is 1.33. The van der Waals surface area contributed by atoms with Crippen molar-refractivity contribution in [3.8, 4) is 5.75 Å². The van der Waals surface area contributed by atoms with E-state index in [0.29, 0.717) is 18.9 Å². The van der Waals surface area contributed by atoms with E-state index < -0.39 is 40.2 Å². The Bertz CT molecular complexity index is 1430. The smallest absolute Gasteiger partial charge is 0.264 e. The average molecular weight is 584 g/mol. The summed E-state index contributed by atoms with van der Waals surface area (Å²) in [7, 11) is -4.20. The molecule has 3 aromatic carbocycles. The van der Waals surface area contributed by atoms with Gasteiger partial charge in [-0.15, -0.1) is 0 Å². The van der Waals surface area contributed by atoms with Crippen molar-refractivity contribution in [2.24, 2.45) is 5.92 Å². The first-order chi connectivity index (χ1) is 19.4. The van der Waals surface area contributed by atoms with Crippen molar-refractivity contribution in [3.05, 3.63) is 89.7 Å². The molecule has 0 aliphatic rings. The second kappa shape index (κ2) is 14.1. The zero-order chi connectivity index (χ0) is 30.2. The lowest BCUT2D eigenvalue weighted by Gasteiger charge is -2.32. The van der Waals surface area contributed by atoms with Gasteiger partial charge >= 0.3 is 0 Å². The van der Waals surface area contributed by atoms with Crippen LogP contribution in [0.2, 0.25) is 0 Å². The summed E-state index contributed by atoms with van der Waals surface area (Å²) in [5, 5.41) is 2.81. The quantitative estimate of drug-likeness (QED) is 0.308. The van der Waals surface area contributed by atoms with Crippen molar-refractivity contribution in [1.82, 2.24) is 10.2 Å². The largest absolute Gasteiger partial charge is 0.494 e. The van der Waals surface area contributed by atoms with Crippen molar-refractivity contribution >= 4 is 27.5 Å². The number of ether oxygens (including phenoxy) is 1. The summed E-state index contributed by atoms with van der Waals surface area (Å²) < 4.78 is 48.9. The van der Waals surface area contributed by atoms with Gasteiger partial charge in [-0.05, 0) is 69.2 Å². The molecule has 0 radical (unpaired) electrons. The Balaban J connectivity index is 2.03. The van der Waals surface area contributed by atoms with Gasteiger partial charge in [-0.2, -0.15) is 0 Å². The number of nitrogens with zero attached hydrogens (tertiary/aromatic N) is 2. The second-order valence-corrected chi connectivity index (χ2v) is 12.0. The van der Waals surface area contributed by atoms with Crippen LogP contribution in [0.5, 0.6) is 5.75 Å². The minimum atomic E-state index is -4.20. The highest BCUT2D eigenvalue weighted by Crippen LogP contribution is 2.27. The van der Waals surface area contributed by atoms with Gasteiger partial charge in [0, 0.05) is 18.7 Å². The molecular weight excluding hydrogens is 545 g/mol. The maximum atomic E-state index is 14.6. The van der Waals surface area contributed by atoms with Gasteiger partial charge in [-0.1, -0.05) is 49.7 Å². The Morgan fingerprint density at radius 1 is 0.951 bits per heavy atom. The van der Waals surface area contributed by atoms with E-state index in [1.165, 1.54) is 35.2 Å². The Morgan fingerprint density at radius 2 is 1.59 bits per heavy atom. The summed E-state index contributed by atoms with van der Waals surface area (Å²) in [6.45, 7) is 9.11. The Kier molecular flexibility index (Phi) is 10.9.